The van der Waals surface area contributed by atoms with Crippen molar-refractivity contribution in [1.82, 2.24) is 15.0 Å². The maximum Gasteiger partial charge on any atom is 0.269 e. The Kier molecular flexibility index (Phi) is 3.87. The molecule has 0 spiro atoms. The van der Waals surface area contributed by atoms with Crippen molar-refractivity contribution >= 4 is 34.0 Å². The summed E-state index contributed by atoms with van der Waals surface area (Å²) in [5.41, 5.74) is 3.70. The molecule has 0 saturated carbocycles. The minimum absolute atomic E-state index is 0.0806. The van der Waals surface area contributed by atoms with Gasteiger partial charge in [-0.05, 0) is 23.8 Å². The van der Waals surface area contributed by atoms with Crippen molar-refractivity contribution in [2.45, 2.75) is 6.54 Å². The van der Waals surface area contributed by atoms with Crippen LogP contribution in [0.25, 0.3) is 21.6 Å². The molecular formula is C17H13N5O2S. The molecule has 0 bridgehead atoms. The monoisotopic (exact) mass is 351 g/mol. The lowest BCUT2D eigenvalue weighted by Gasteiger charge is -2.02. The first-order valence-electron chi connectivity index (χ1n) is 7.56. The Labute approximate surface area is 146 Å². The van der Waals surface area contributed by atoms with Gasteiger partial charge in [0, 0.05) is 35.8 Å². The lowest BCUT2D eigenvalue weighted by molar-refractivity contribution is -0.384. The predicted octanol–water partition coefficient (Wildman–Crippen LogP) is 4.21. The van der Waals surface area contributed by atoms with Crippen LogP contribution in [-0.2, 0) is 6.54 Å². The number of nitro groups is 1. The molecule has 2 aromatic heterocycles. The number of hydrogen-bond donors (Lipinski definition) is 2. The Morgan fingerprint density at radius 2 is 2.16 bits per heavy atom. The molecule has 8 heteroatoms. The normalized spacial score (nSPS) is 10.9. The number of aromatic nitrogens is 3. The fourth-order valence-corrected chi connectivity index (χ4v) is 3.19. The van der Waals surface area contributed by atoms with Gasteiger partial charge in [0.1, 0.15) is 5.01 Å². The van der Waals surface area contributed by atoms with Gasteiger partial charge in [-0.2, -0.15) is 0 Å². The highest BCUT2D eigenvalue weighted by Crippen LogP contribution is 2.25. The van der Waals surface area contributed by atoms with Crippen molar-refractivity contribution in [2.24, 2.45) is 0 Å². The van der Waals surface area contributed by atoms with E-state index in [0.29, 0.717) is 12.5 Å². The first kappa shape index (κ1) is 15.3. The van der Waals surface area contributed by atoms with Gasteiger partial charge < -0.3 is 10.3 Å². The van der Waals surface area contributed by atoms with Crippen LogP contribution in [0.15, 0.2) is 54.0 Å². The second kappa shape index (κ2) is 6.33. The summed E-state index contributed by atoms with van der Waals surface area (Å²) < 4.78 is 0. The minimum atomic E-state index is -0.398. The molecule has 0 unspecified atom stereocenters. The van der Waals surface area contributed by atoms with Crippen molar-refractivity contribution in [2.75, 3.05) is 5.32 Å². The molecule has 2 heterocycles. The number of nitrogens with zero attached hydrogens (tertiary/aromatic N) is 3. The summed E-state index contributed by atoms with van der Waals surface area (Å²) in [7, 11) is 0. The van der Waals surface area contributed by atoms with Crippen LogP contribution < -0.4 is 5.32 Å². The lowest BCUT2D eigenvalue weighted by atomic mass is 10.2. The van der Waals surface area contributed by atoms with Crippen LogP contribution in [0.5, 0.6) is 0 Å². The Bertz CT molecular complexity index is 1040. The molecule has 0 atom stereocenters. The second-order valence-corrected chi connectivity index (χ2v) is 6.33. The summed E-state index contributed by atoms with van der Waals surface area (Å²) in [6, 6.07) is 12.5. The van der Waals surface area contributed by atoms with E-state index in [1.54, 1.807) is 29.7 Å². The van der Waals surface area contributed by atoms with E-state index in [2.05, 4.69) is 20.3 Å². The van der Waals surface area contributed by atoms with Gasteiger partial charge in [0.15, 0.2) is 0 Å². The van der Waals surface area contributed by atoms with E-state index in [-0.39, 0.29) is 5.69 Å². The lowest BCUT2D eigenvalue weighted by Crippen LogP contribution is -2.01. The van der Waals surface area contributed by atoms with Crippen LogP contribution in [-0.4, -0.2) is 19.9 Å². The average molecular weight is 351 g/mol. The molecule has 0 amide bonds. The standard InChI is InChI=1S/C17H13N5O2S/c23-22(24)13-3-1-2-11(8-13)10-19-17-20-14-5-4-12(9-15(14)21-17)16-18-6-7-25-16/h1-9H,10H2,(H2,19,20,21). The number of fused-ring (bicyclic) bond motifs is 1. The number of nitro benzene ring substituents is 1. The zero-order chi connectivity index (χ0) is 17.2. The van der Waals surface area contributed by atoms with E-state index in [4.69, 9.17) is 0 Å². The van der Waals surface area contributed by atoms with Gasteiger partial charge in [0.05, 0.1) is 16.0 Å². The molecule has 0 radical (unpaired) electrons. The van der Waals surface area contributed by atoms with Crippen molar-refractivity contribution in [3.05, 3.63) is 69.7 Å². The van der Waals surface area contributed by atoms with E-state index in [0.717, 1.165) is 27.2 Å². The number of anilines is 1. The molecule has 0 fully saturated rings. The molecule has 25 heavy (non-hydrogen) atoms. The number of non-ortho nitro benzene ring substituents is 1. The molecule has 4 aromatic rings. The number of hydrogen-bond acceptors (Lipinski definition) is 6. The molecule has 0 aliphatic heterocycles. The Morgan fingerprint density at radius 1 is 1.24 bits per heavy atom. The Balaban J connectivity index is 1.54. The van der Waals surface area contributed by atoms with Crippen LogP contribution in [0.4, 0.5) is 11.6 Å². The molecule has 7 nitrogen and oxygen atoms in total. The largest absolute Gasteiger partial charge is 0.352 e. The zero-order valence-corrected chi connectivity index (χ0v) is 13.8. The van der Waals surface area contributed by atoms with Gasteiger partial charge in [-0.3, -0.25) is 10.1 Å². The van der Waals surface area contributed by atoms with E-state index in [9.17, 15) is 10.1 Å². The van der Waals surface area contributed by atoms with Crippen LogP contribution in [0, 0.1) is 10.1 Å². The minimum Gasteiger partial charge on any atom is -0.352 e. The summed E-state index contributed by atoms with van der Waals surface area (Å²) >= 11 is 1.59. The highest BCUT2D eigenvalue weighted by Gasteiger charge is 2.08. The van der Waals surface area contributed by atoms with Crippen molar-refractivity contribution in [1.29, 1.82) is 0 Å². The van der Waals surface area contributed by atoms with E-state index in [1.807, 2.05) is 29.6 Å². The third-order valence-electron chi connectivity index (χ3n) is 3.74. The Morgan fingerprint density at radius 3 is 2.96 bits per heavy atom. The van der Waals surface area contributed by atoms with Gasteiger partial charge in [-0.25, -0.2) is 9.97 Å². The SMILES string of the molecule is O=[N+]([O-])c1cccc(CNc2nc3ccc(-c4nccs4)cc3[nH]2)c1. The summed E-state index contributed by atoms with van der Waals surface area (Å²) in [6.07, 6.45) is 1.78. The molecule has 2 aromatic carbocycles. The number of nitrogens with one attached hydrogen (secondary N) is 2. The fourth-order valence-electron chi connectivity index (χ4n) is 2.56. The topological polar surface area (TPSA) is 96.7 Å². The quantitative estimate of drug-likeness (QED) is 0.415. The highest BCUT2D eigenvalue weighted by molar-refractivity contribution is 7.13. The van der Waals surface area contributed by atoms with Crippen molar-refractivity contribution in [3.8, 4) is 10.6 Å². The second-order valence-electron chi connectivity index (χ2n) is 5.44. The number of rotatable bonds is 5. The summed E-state index contributed by atoms with van der Waals surface area (Å²) in [5.74, 6) is 0.623. The number of imidazole rings is 1. The van der Waals surface area contributed by atoms with Crippen LogP contribution in [0.3, 0.4) is 0 Å². The van der Waals surface area contributed by atoms with Gasteiger partial charge >= 0.3 is 0 Å². The van der Waals surface area contributed by atoms with E-state index >= 15 is 0 Å². The molecule has 124 valence electrons. The smallest absolute Gasteiger partial charge is 0.269 e. The molecule has 0 aliphatic carbocycles. The number of thiazole rings is 1. The maximum absolute atomic E-state index is 10.8. The number of aromatic amines is 1. The third kappa shape index (κ3) is 3.20. The molecular weight excluding hydrogens is 338 g/mol. The first-order valence-corrected chi connectivity index (χ1v) is 8.44. The van der Waals surface area contributed by atoms with Crippen molar-refractivity contribution < 1.29 is 4.92 Å². The van der Waals surface area contributed by atoms with Gasteiger partial charge in [-0.1, -0.05) is 12.1 Å². The predicted molar refractivity (Wildman–Crippen MR) is 97.6 cm³/mol. The first-order chi connectivity index (χ1) is 12.2. The molecule has 0 saturated heterocycles. The molecule has 0 aliphatic rings. The fraction of sp³-hybridized carbons (Fsp3) is 0.0588. The summed E-state index contributed by atoms with van der Waals surface area (Å²) in [4.78, 5) is 22.5. The van der Waals surface area contributed by atoms with Crippen LogP contribution in [0.2, 0.25) is 0 Å². The zero-order valence-electron chi connectivity index (χ0n) is 13.0. The van der Waals surface area contributed by atoms with Gasteiger partial charge in [0.2, 0.25) is 5.95 Å². The summed E-state index contributed by atoms with van der Waals surface area (Å²) in [5, 5.41) is 16.9. The van der Waals surface area contributed by atoms with E-state index in [1.165, 1.54) is 6.07 Å². The van der Waals surface area contributed by atoms with Crippen LogP contribution in [0.1, 0.15) is 5.56 Å². The molecule has 2 N–H and O–H groups in total. The Hall–Kier alpha value is -3.26. The third-order valence-corrected chi connectivity index (χ3v) is 4.56. The van der Waals surface area contributed by atoms with Gasteiger partial charge in [-0.15, -0.1) is 11.3 Å². The highest BCUT2D eigenvalue weighted by atomic mass is 32.1. The van der Waals surface area contributed by atoms with Gasteiger partial charge in [0.25, 0.3) is 5.69 Å². The maximum atomic E-state index is 10.8. The summed E-state index contributed by atoms with van der Waals surface area (Å²) in [6.45, 7) is 0.445. The van der Waals surface area contributed by atoms with Crippen LogP contribution >= 0.6 is 11.3 Å². The van der Waals surface area contributed by atoms with Crippen molar-refractivity contribution in [3.63, 3.8) is 0 Å². The number of benzene rings is 2. The molecule has 4 rings (SSSR count). The average Bonchev–Trinajstić information content (AvgIpc) is 3.28. The number of H-pyrrole nitrogens is 1. The van der Waals surface area contributed by atoms with E-state index < -0.39 is 4.92 Å².